The lowest BCUT2D eigenvalue weighted by molar-refractivity contribution is 0.0954. The van der Waals surface area contributed by atoms with E-state index in [9.17, 15) is 4.79 Å². The lowest BCUT2D eigenvalue weighted by Crippen LogP contribution is -2.20. The van der Waals surface area contributed by atoms with Gasteiger partial charge in [0.2, 0.25) is 0 Å². The highest BCUT2D eigenvalue weighted by atomic mass is 35.5. The molecule has 1 atom stereocenters. The van der Waals surface area contributed by atoms with Gasteiger partial charge in [-0.15, -0.1) is 0 Å². The molecule has 0 unspecified atom stereocenters. The summed E-state index contributed by atoms with van der Waals surface area (Å²) in [6.07, 6.45) is 1.00. The average Bonchev–Trinajstić information content (AvgIpc) is 2.34. The lowest BCUT2D eigenvalue weighted by Gasteiger charge is -2.08. The molecule has 0 aliphatic heterocycles. The molecule has 0 fully saturated rings. The molecular weight excluding hydrogens is 236 g/mol. The van der Waals surface area contributed by atoms with Crippen LogP contribution in [-0.2, 0) is 0 Å². The van der Waals surface area contributed by atoms with Crippen molar-refractivity contribution in [2.24, 2.45) is 11.0 Å². The molecule has 0 saturated heterocycles. The van der Waals surface area contributed by atoms with Crippen LogP contribution in [0, 0.1) is 5.92 Å². The van der Waals surface area contributed by atoms with Crippen LogP contribution in [0.25, 0.3) is 0 Å². The predicted octanol–water partition coefficient (Wildman–Crippen LogP) is 3.49. The van der Waals surface area contributed by atoms with Gasteiger partial charge in [0.1, 0.15) is 0 Å². The summed E-state index contributed by atoms with van der Waals surface area (Å²) in [5, 5.41) is 4.62. The summed E-state index contributed by atoms with van der Waals surface area (Å²) in [4.78, 5) is 11.7. The molecule has 0 saturated carbocycles. The van der Waals surface area contributed by atoms with Crippen LogP contribution < -0.4 is 5.43 Å². The van der Waals surface area contributed by atoms with E-state index in [1.54, 1.807) is 24.3 Å². The van der Waals surface area contributed by atoms with E-state index in [0.717, 1.165) is 12.1 Å². The van der Waals surface area contributed by atoms with Crippen molar-refractivity contribution in [2.45, 2.75) is 27.2 Å². The quantitative estimate of drug-likeness (QED) is 0.647. The summed E-state index contributed by atoms with van der Waals surface area (Å²) < 4.78 is 0. The minimum Gasteiger partial charge on any atom is -0.267 e. The molecule has 1 aromatic rings. The number of rotatable bonds is 4. The van der Waals surface area contributed by atoms with Crippen molar-refractivity contribution in [1.82, 2.24) is 5.43 Å². The second-order valence-electron chi connectivity index (χ2n) is 4.01. The van der Waals surface area contributed by atoms with Gasteiger partial charge in [-0.25, -0.2) is 5.43 Å². The number of carbonyl (C=O) groups excluding carboxylic acids is 1. The second kappa shape index (κ2) is 6.40. The van der Waals surface area contributed by atoms with Crippen molar-refractivity contribution in [3.05, 3.63) is 34.9 Å². The van der Waals surface area contributed by atoms with Crippen LogP contribution >= 0.6 is 11.6 Å². The van der Waals surface area contributed by atoms with Gasteiger partial charge < -0.3 is 0 Å². The third-order valence-corrected chi connectivity index (χ3v) is 2.98. The van der Waals surface area contributed by atoms with Crippen LogP contribution in [0.4, 0.5) is 0 Å². The Bertz CT molecular complexity index is 429. The first kappa shape index (κ1) is 13.7. The van der Waals surface area contributed by atoms with Gasteiger partial charge in [-0.1, -0.05) is 31.5 Å². The van der Waals surface area contributed by atoms with Crippen LogP contribution in [0.15, 0.2) is 29.4 Å². The Kier molecular flexibility index (Phi) is 5.16. The van der Waals surface area contributed by atoms with Gasteiger partial charge in [0, 0.05) is 16.3 Å². The zero-order valence-electron chi connectivity index (χ0n) is 10.3. The molecule has 0 spiro atoms. The number of benzene rings is 1. The third-order valence-electron chi connectivity index (χ3n) is 2.75. The molecule has 0 aliphatic rings. The Hall–Kier alpha value is -1.35. The summed E-state index contributed by atoms with van der Waals surface area (Å²) >= 11 is 5.81. The van der Waals surface area contributed by atoms with Gasteiger partial charge >= 0.3 is 0 Å². The minimum atomic E-state index is -0.241. The van der Waals surface area contributed by atoms with Crippen molar-refractivity contribution in [3.8, 4) is 0 Å². The van der Waals surface area contributed by atoms with E-state index in [0.29, 0.717) is 16.5 Å². The zero-order valence-corrected chi connectivity index (χ0v) is 11.1. The van der Waals surface area contributed by atoms with Crippen molar-refractivity contribution in [1.29, 1.82) is 0 Å². The van der Waals surface area contributed by atoms with Crippen LogP contribution in [0.3, 0.4) is 0 Å². The first-order valence-corrected chi connectivity index (χ1v) is 6.02. The number of amides is 1. The number of hydrogen-bond acceptors (Lipinski definition) is 2. The van der Waals surface area contributed by atoms with E-state index < -0.39 is 0 Å². The van der Waals surface area contributed by atoms with Gasteiger partial charge in [-0.3, -0.25) is 4.79 Å². The first-order valence-electron chi connectivity index (χ1n) is 5.64. The van der Waals surface area contributed by atoms with E-state index in [1.165, 1.54) is 0 Å². The molecule has 0 radical (unpaired) electrons. The topological polar surface area (TPSA) is 41.5 Å². The number of hydrogen-bond donors (Lipinski definition) is 1. The summed E-state index contributed by atoms with van der Waals surface area (Å²) in [6.45, 7) is 6.07. The van der Waals surface area contributed by atoms with Gasteiger partial charge in [0.25, 0.3) is 5.91 Å². The number of halogens is 1. The number of carbonyl (C=O) groups is 1. The molecule has 0 aromatic heterocycles. The predicted molar refractivity (Wildman–Crippen MR) is 71.5 cm³/mol. The smallest absolute Gasteiger partial charge is 0.267 e. The monoisotopic (exact) mass is 252 g/mol. The van der Waals surface area contributed by atoms with Gasteiger partial charge in [-0.2, -0.15) is 5.10 Å². The number of nitrogens with one attached hydrogen (secondary N) is 1. The molecule has 92 valence electrons. The third kappa shape index (κ3) is 4.19. The summed E-state index contributed by atoms with van der Waals surface area (Å²) in [5.74, 6) is 0.129. The van der Waals surface area contributed by atoms with Crippen LogP contribution in [0.5, 0.6) is 0 Å². The number of nitrogens with zero attached hydrogens (tertiary/aromatic N) is 1. The summed E-state index contributed by atoms with van der Waals surface area (Å²) in [7, 11) is 0. The summed E-state index contributed by atoms with van der Waals surface area (Å²) in [5.41, 5.74) is 3.96. The van der Waals surface area contributed by atoms with Crippen LogP contribution in [0.2, 0.25) is 5.02 Å². The maximum absolute atomic E-state index is 11.7. The van der Waals surface area contributed by atoms with E-state index in [1.807, 2.05) is 6.92 Å². The molecule has 0 heterocycles. The molecule has 4 heteroatoms. The fourth-order valence-electron chi connectivity index (χ4n) is 1.24. The van der Waals surface area contributed by atoms with Crippen LogP contribution in [-0.4, -0.2) is 11.6 Å². The van der Waals surface area contributed by atoms with Crippen LogP contribution in [0.1, 0.15) is 37.6 Å². The van der Waals surface area contributed by atoms with Crippen molar-refractivity contribution in [3.63, 3.8) is 0 Å². The minimum absolute atomic E-state index is 0.241. The standard InChI is InChI=1S/C13H17ClN2O/c1-4-9(2)10(3)15-16-13(17)11-6-5-7-12(14)8-11/h5-9H,4H2,1-3H3,(H,16,17)/b15-10-/t9-/m1/s1. The van der Waals surface area contributed by atoms with Gasteiger partial charge in [-0.05, 0) is 37.5 Å². The maximum atomic E-state index is 11.7. The summed E-state index contributed by atoms with van der Waals surface area (Å²) in [6, 6.07) is 6.79. The normalized spacial score (nSPS) is 13.3. The molecule has 1 N–H and O–H groups in total. The molecular formula is C13H17ClN2O. The lowest BCUT2D eigenvalue weighted by atomic mass is 10.1. The number of hydrazone groups is 1. The highest BCUT2D eigenvalue weighted by Gasteiger charge is 2.06. The zero-order chi connectivity index (χ0) is 12.8. The van der Waals surface area contributed by atoms with E-state index in [2.05, 4.69) is 24.4 Å². The molecule has 17 heavy (non-hydrogen) atoms. The molecule has 1 aromatic carbocycles. The van der Waals surface area contributed by atoms with Gasteiger partial charge in [0.15, 0.2) is 0 Å². The highest BCUT2D eigenvalue weighted by Crippen LogP contribution is 2.10. The fourth-order valence-corrected chi connectivity index (χ4v) is 1.43. The van der Waals surface area contributed by atoms with E-state index in [4.69, 9.17) is 11.6 Å². The van der Waals surface area contributed by atoms with Crippen molar-refractivity contribution in [2.75, 3.05) is 0 Å². The highest BCUT2D eigenvalue weighted by molar-refractivity contribution is 6.30. The second-order valence-corrected chi connectivity index (χ2v) is 4.45. The van der Waals surface area contributed by atoms with Gasteiger partial charge in [0.05, 0.1) is 0 Å². The molecule has 1 amide bonds. The molecule has 1 rings (SSSR count). The Balaban J connectivity index is 2.67. The van der Waals surface area contributed by atoms with E-state index >= 15 is 0 Å². The average molecular weight is 253 g/mol. The molecule has 3 nitrogen and oxygen atoms in total. The Morgan fingerprint density at radius 3 is 2.82 bits per heavy atom. The van der Waals surface area contributed by atoms with Crippen molar-refractivity contribution >= 4 is 23.2 Å². The Morgan fingerprint density at radius 1 is 1.53 bits per heavy atom. The van der Waals surface area contributed by atoms with E-state index in [-0.39, 0.29) is 5.91 Å². The first-order chi connectivity index (χ1) is 8.04. The maximum Gasteiger partial charge on any atom is 0.271 e. The fraction of sp³-hybridized carbons (Fsp3) is 0.385. The Morgan fingerprint density at radius 2 is 2.24 bits per heavy atom. The molecule has 0 aliphatic carbocycles. The molecule has 0 bridgehead atoms. The van der Waals surface area contributed by atoms with Crippen molar-refractivity contribution < 1.29 is 4.79 Å². The largest absolute Gasteiger partial charge is 0.271 e. The SMILES string of the molecule is CC[C@@H](C)/C(C)=N\NC(=O)c1cccc(Cl)c1. The Labute approximate surface area is 107 Å².